The lowest BCUT2D eigenvalue weighted by Gasteiger charge is -2.27. The van der Waals surface area contributed by atoms with Crippen molar-refractivity contribution in [3.8, 4) is 5.75 Å². The molecule has 0 aromatic heterocycles. The smallest absolute Gasteiger partial charge is 0.307 e. The molecule has 0 fully saturated rings. The first-order chi connectivity index (χ1) is 15.4. The molecule has 11 nitrogen and oxygen atoms in total. The standard InChI is InChI=1S/C22H20N4O7/c1-22(2,3)14-9-10-20(27)17(11-14)23(15-7-5-4-6-8-15)21-18(25(30)31)12-16(24(28)29)13-19(21)26(32)33/h4-13,27H,1-3H3. The van der Waals surface area contributed by atoms with E-state index in [0.717, 1.165) is 5.56 Å². The number of phenols is 1. The van der Waals surface area contributed by atoms with Gasteiger partial charge in [0, 0.05) is 5.69 Å². The van der Waals surface area contributed by atoms with Gasteiger partial charge in [-0.1, -0.05) is 45.0 Å². The quantitative estimate of drug-likeness (QED) is 0.359. The molecule has 0 saturated carbocycles. The highest BCUT2D eigenvalue weighted by Crippen LogP contribution is 2.50. The van der Waals surface area contributed by atoms with E-state index in [2.05, 4.69) is 0 Å². The third kappa shape index (κ3) is 4.56. The first-order valence-corrected chi connectivity index (χ1v) is 9.71. The maximum Gasteiger partial charge on any atom is 0.307 e. The summed E-state index contributed by atoms with van der Waals surface area (Å²) in [5.74, 6) is -0.284. The molecule has 0 amide bonds. The third-order valence-corrected chi connectivity index (χ3v) is 4.98. The SMILES string of the molecule is CC(C)(C)c1ccc(O)c(N(c2ccccc2)c2c([N+](=O)[O-])cc([N+](=O)[O-])cc2[N+](=O)[O-])c1. The highest BCUT2D eigenvalue weighted by Gasteiger charge is 2.36. The molecule has 11 heteroatoms. The van der Waals surface area contributed by atoms with Crippen molar-refractivity contribution in [2.75, 3.05) is 4.90 Å². The fourth-order valence-electron chi connectivity index (χ4n) is 3.34. The van der Waals surface area contributed by atoms with Crippen LogP contribution in [0.3, 0.4) is 0 Å². The number of benzene rings is 3. The number of anilines is 3. The van der Waals surface area contributed by atoms with Crippen molar-refractivity contribution in [2.24, 2.45) is 0 Å². The molecule has 1 N–H and O–H groups in total. The molecule has 0 aliphatic rings. The molecular weight excluding hydrogens is 432 g/mol. The van der Waals surface area contributed by atoms with E-state index in [0.29, 0.717) is 12.1 Å². The monoisotopic (exact) mass is 452 g/mol. The molecule has 0 aliphatic carbocycles. The Morgan fingerprint density at radius 1 is 0.788 bits per heavy atom. The molecule has 0 radical (unpaired) electrons. The van der Waals surface area contributed by atoms with Crippen molar-refractivity contribution in [1.29, 1.82) is 0 Å². The number of nitro benzene ring substituents is 3. The first kappa shape index (κ1) is 23.1. The van der Waals surface area contributed by atoms with Crippen LogP contribution in [0.5, 0.6) is 5.75 Å². The summed E-state index contributed by atoms with van der Waals surface area (Å²) in [7, 11) is 0. The van der Waals surface area contributed by atoms with Crippen molar-refractivity contribution in [2.45, 2.75) is 26.2 Å². The summed E-state index contributed by atoms with van der Waals surface area (Å²) in [6, 6.07) is 14.0. The number of nitrogens with zero attached hydrogens (tertiary/aromatic N) is 4. The number of aromatic hydroxyl groups is 1. The fraction of sp³-hybridized carbons (Fsp3) is 0.182. The maximum absolute atomic E-state index is 11.9. The predicted octanol–water partition coefficient (Wildman–Crippen LogP) is 5.88. The van der Waals surface area contributed by atoms with Gasteiger partial charge < -0.3 is 5.11 Å². The molecule has 3 rings (SSSR count). The number of phenolic OH excluding ortho intramolecular Hbond substituents is 1. The largest absolute Gasteiger partial charge is 0.506 e. The molecule has 170 valence electrons. The van der Waals surface area contributed by atoms with Crippen LogP contribution in [0.1, 0.15) is 26.3 Å². The summed E-state index contributed by atoms with van der Waals surface area (Å²) < 4.78 is 0. The number of rotatable bonds is 6. The maximum atomic E-state index is 11.9. The van der Waals surface area contributed by atoms with Crippen LogP contribution in [0.4, 0.5) is 34.1 Å². The predicted molar refractivity (Wildman–Crippen MR) is 121 cm³/mol. The molecule has 0 saturated heterocycles. The van der Waals surface area contributed by atoms with Crippen LogP contribution in [-0.2, 0) is 5.41 Å². The normalized spacial score (nSPS) is 11.1. The second-order valence-corrected chi connectivity index (χ2v) is 8.23. The zero-order chi connectivity index (χ0) is 24.5. The van der Waals surface area contributed by atoms with Gasteiger partial charge >= 0.3 is 11.4 Å². The van der Waals surface area contributed by atoms with Crippen molar-refractivity contribution < 1.29 is 19.9 Å². The van der Waals surface area contributed by atoms with Crippen LogP contribution < -0.4 is 4.90 Å². The van der Waals surface area contributed by atoms with Gasteiger partial charge in [0.05, 0.1) is 32.6 Å². The van der Waals surface area contributed by atoms with E-state index in [1.165, 1.54) is 11.0 Å². The molecule has 0 spiro atoms. The molecule has 33 heavy (non-hydrogen) atoms. The number of nitro groups is 3. The van der Waals surface area contributed by atoms with Crippen LogP contribution >= 0.6 is 0 Å². The summed E-state index contributed by atoms with van der Waals surface area (Å²) in [5, 5.41) is 45.8. The van der Waals surface area contributed by atoms with Crippen molar-refractivity contribution in [3.05, 3.63) is 96.6 Å². The highest BCUT2D eigenvalue weighted by atomic mass is 16.6. The molecule has 0 bridgehead atoms. The van der Waals surface area contributed by atoms with Crippen LogP contribution in [0.25, 0.3) is 0 Å². The molecule has 0 unspecified atom stereocenters. The Labute approximate surface area is 188 Å². The van der Waals surface area contributed by atoms with Crippen LogP contribution in [0.2, 0.25) is 0 Å². The molecule has 0 heterocycles. The van der Waals surface area contributed by atoms with Crippen LogP contribution in [0.15, 0.2) is 60.7 Å². The van der Waals surface area contributed by atoms with Crippen molar-refractivity contribution in [3.63, 3.8) is 0 Å². The lowest BCUT2D eigenvalue weighted by Crippen LogP contribution is -2.17. The summed E-state index contributed by atoms with van der Waals surface area (Å²) >= 11 is 0. The topological polar surface area (TPSA) is 153 Å². The Morgan fingerprint density at radius 2 is 1.33 bits per heavy atom. The first-order valence-electron chi connectivity index (χ1n) is 9.71. The van der Waals surface area contributed by atoms with Gasteiger partial charge in [0.1, 0.15) is 5.75 Å². The second-order valence-electron chi connectivity index (χ2n) is 8.23. The minimum Gasteiger partial charge on any atom is -0.506 e. The summed E-state index contributed by atoms with van der Waals surface area (Å²) in [6.07, 6.45) is 0. The average Bonchev–Trinajstić information content (AvgIpc) is 2.74. The van der Waals surface area contributed by atoms with Gasteiger partial charge in [0.2, 0.25) is 5.69 Å². The van der Waals surface area contributed by atoms with Crippen LogP contribution in [-0.4, -0.2) is 19.9 Å². The van der Waals surface area contributed by atoms with E-state index in [1.807, 2.05) is 20.8 Å². The Kier molecular flexibility index (Phi) is 5.98. The zero-order valence-electron chi connectivity index (χ0n) is 18.0. The van der Waals surface area contributed by atoms with Crippen molar-refractivity contribution >= 4 is 34.1 Å². The highest BCUT2D eigenvalue weighted by molar-refractivity contribution is 5.91. The van der Waals surface area contributed by atoms with E-state index in [-0.39, 0.29) is 22.5 Å². The van der Waals surface area contributed by atoms with Gasteiger partial charge in [-0.25, -0.2) is 0 Å². The Hall–Kier alpha value is -4.54. The van der Waals surface area contributed by atoms with E-state index in [1.54, 1.807) is 42.5 Å². The number of para-hydroxylation sites is 1. The van der Waals surface area contributed by atoms with E-state index < -0.39 is 37.5 Å². The minimum atomic E-state index is -0.936. The number of hydrogen-bond acceptors (Lipinski definition) is 8. The lowest BCUT2D eigenvalue weighted by molar-refractivity contribution is -0.402. The molecule has 0 aliphatic heterocycles. The molecule has 3 aromatic rings. The van der Waals surface area contributed by atoms with Crippen molar-refractivity contribution in [1.82, 2.24) is 0 Å². The number of non-ortho nitro benzene ring substituents is 1. The summed E-state index contributed by atoms with van der Waals surface area (Å²) in [6.45, 7) is 5.77. The van der Waals surface area contributed by atoms with Gasteiger partial charge in [0.15, 0.2) is 0 Å². The molecule has 0 atom stereocenters. The second kappa shape index (κ2) is 8.54. The molecular formula is C22H20N4O7. The van der Waals surface area contributed by atoms with E-state index in [9.17, 15) is 35.4 Å². The van der Waals surface area contributed by atoms with Gasteiger partial charge in [0.25, 0.3) is 5.69 Å². The van der Waals surface area contributed by atoms with Gasteiger partial charge in [-0.3, -0.25) is 35.2 Å². The molecule has 3 aromatic carbocycles. The minimum absolute atomic E-state index is 0.0497. The summed E-state index contributed by atoms with van der Waals surface area (Å²) in [5.41, 5.74) is -2.30. The average molecular weight is 452 g/mol. The Bertz CT molecular complexity index is 1220. The van der Waals surface area contributed by atoms with E-state index in [4.69, 9.17) is 0 Å². The number of hydrogen-bond donors (Lipinski definition) is 1. The summed E-state index contributed by atoms with van der Waals surface area (Å²) in [4.78, 5) is 33.5. The third-order valence-electron chi connectivity index (χ3n) is 4.98. The van der Waals surface area contributed by atoms with E-state index >= 15 is 0 Å². The fourth-order valence-corrected chi connectivity index (χ4v) is 3.34. The lowest BCUT2D eigenvalue weighted by atomic mass is 9.86. The van der Waals surface area contributed by atoms with Gasteiger partial charge in [-0.15, -0.1) is 0 Å². The Morgan fingerprint density at radius 3 is 1.79 bits per heavy atom. The zero-order valence-corrected chi connectivity index (χ0v) is 18.0. The van der Waals surface area contributed by atoms with Crippen LogP contribution in [0, 0.1) is 30.3 Å². The Balaban J connectivity index is 2.48. The van der Waals surface area contributed by atoms with Gasteiger partial charge in [-0.05, 0) is 35.2 Å². The van der Waals surface area contributed by atoms with Gasteiger partial charge in [-0.2, -0.15) is 0 Å².